The van der Waals surface area contributed by atoms with Gasteiger partial charge in [-0.05, 0) is 36.8 Å². The summed E-state index contributed by atoms with van der Waals surface area (Å²) in [6.07, 6.45) is 0. The van der Waals surface area contributed by atoms with Crippen LogP contribution in [0.5, 0.6) is 0 Å². The number of carbonyl (C=O) groups is 1. The summed E-state index contributed by atoms with van der Waals surface area (Å²) in [6.45, 7) is 1.72. The van der Waals surface area contributed by atoms with Crippen LogP contribution in [-0.4, -0.2) is 21.7 Å². The lowest BCUT2D eigenvalue weighted by Crippen LogP contribution is -2.04. The monoisotopic (exact) mass is 299 g/mol. The molecule has 0 aromatic heterocycles. The molecule has 7 heteroatoms. The lowest BCUT2D eigenvalue weighted by atomic mass is 10.1. The van der Waals surface area contributed by atoms with Gasteiger partial charge in [0.25, 0.3) is 5.69 Å². The van der Waals surface area contributed by atoms with Gasteiger partial charge < -0.3 is 5.11 Å². The van der Waals surface area contributed by atoms with Crippen LogP contribution in [0.3, 0.4) is 0 Å². The fraction of sp³-hybridized carbons (Fsp3) is 0.0667. The molecule has 7 nitrogen and oxygen atoms in total. The number of carboxylic acids is 1. The van der Waals surface area contributed by atoms with Crippen molar-refractivity contribution >= 4 is 23.1 Å². The van der Waals surface area contributed by atoms with Crippen LogP contribution in [0.4, 0.5) is 11.4 Å². The van der Waals surface area contributed by atoms with Crippen LogP contribution in [0.25, 0.3) is 0 Å². The highest BCUT2D eigenvalue weighted by Gasteiger charge is 2.09. The Hall–Kier alpha value is -3.22. The van der Waals surface area contributed by atoms with Gasteiger partial charge in [0.15, 0.2) is 0 Å². The average molecular weight is 299 g/mol. The first-order valence-corrected chi connectivity index (χ1v) is 6.36. The maximum absolute atomic E-state index is 11.1. The van der Waals surface area contributed by atoms with Gasteiger partial charge in [0.2, 0.25) is 0 Å². The first-order valence-electron chi connectivity index (χ1n) is 6.36. The number of hydrogen-bond acceptors (Lipinski definition) is 5. The zero-order valence-electron chi connectivity index (χ0n) is 11.7. The molecule has 0 aliphatic heterocycles. The summed E-state index contributed by atoms with van der Waals surface area (Å²) in [5.41, 5.74) is 4.47. The summed E-state index contributed by atoms with van der Waals surface area (Å²) >= 11 is 0. The molecule has 0 heterocycles. The summed E-state index contributed by atoms with van der Waals surface area (Å²) in [7, 11) is 0. The third kappa shape index (κ3) is 3.45. The summed E-state index contributed by atoms with van der Waals surface area (Å²) in [5.74, 6) is -1.05. The Labute approximate surface area is 126 Å². The quantitative estimate of drug-likeness (QED) is 0.501. The van der Waals surface area contributed by atoms with Crippen LogP contribution in [-0.2, 0) is 0 Å². The van der Waals surface area contributed by atoms with Crippen molar-refractivity contribution in [2.75, 3.05) is 5.43 Å². The van der Waals surface area contributed by atoms with Crippen molar-refractivity contribution in [1.29, 1.82) is 0 Å². The molecule has 112 valence electrons. The molecule has 2 N–H and O–H groups in total. The molecule has 2 aromatic rings. The molecule has 0 bridgehead atoms. The number of nitrogens with zero attached hydrogens (tertiary/aromatic N) is 2. The van der Waals surface area contributed by atoms with Crippen molar-refractivity contribution in [3.05, 3.63) is 69.8 Å². The molecule has 0 atom stereocenters. The second-order valence-corrected chi connectivity index (χ2v) is 4.46. The van der Waals surface area contributed by atoms with Crippen molar-refractivity contribution in [2.45, 2.75) is 6.92 Å². The van der Waals surface area contributed by atoms with Crippen molar-refractivity contribution in [3.63, 3.8) is 0 Å². The molecule has 2 rings (SSSR count). The molecule has 2 aromatic carbocycles. The van der Waals surface area contributed by atoms with Crippen LogP contribution >= 0.6 is 0 Å². The van der Waals surface area contributed by atoms with Crippen molar-refractivity contribution in [2.24, 2.45) is 5.10 Å². The van der Waals surface area contributed by atoms with E-state index in [0.29, 0.717) is 17.0 Å². The van der Waals surface area contributed by atoms with Gasteiger partial charge >= 0.3 is 5.97 Å². The number of para-hydroxylation sites is 1. The molecule has 0 aliphatic rings. The molecular formula is C15H13N3O4. The van der Waals surface area contributed by atoms with Crippen LogP contribution in [0.1, 0.15) is 22.8 Å². The van der Waals surface area contributed by atoms with Gasteiger partial charge in [0.05, 0.1) is 21.9 Å². The van der Waals surface area contributed by atoms with E-state index in [1.807, 2.05) is 0 Å². The minimum absolute atomic E-state index is 0.000678. The van der Waals surface area contributed by atoms with Crippen LogP contribution in [0, 0.1) is 10.1 Å². The Bertz CT molecular complexity index is 739. The van der Waals surface area contributed by atoms with Gasteiger partial charge in [-0.3, -0.25) is 15.5 Å². The molecular weight excluding hydrogens is 286 g/mol. The van der Waals surface area contributed by atoms with Crippen LogP contribution in [0.2, 0.25) is 0 Å². The Morgan fingerprint density at radius 3 is 2.41 bits per heavy atom. The Balaban J connectivity index is 2.19. The number of nitro benzene ring substituents is 1. The maximum Gasteiger partial charge on any atom is 0.337 e. The van der Waals surface area contributed by atoms with Gasteiger partial charge in [-0.25, -0.2) is 4.79 Å². The number of nitrogens with one attached hydrogen (secondary N) is 1. The van der Waals surface area contributed by atoms with E-state index in [1.165, 1.54) is 18.2 Å². The van der Waals surface area contributed by atoms with Gasteiger partial charge in [0.1, 0.15) is 0 Å². The van der Waals surface area contributed by atoms with E-state index in [4.69, 9.17) is 5.11 Å². The fourth-order valence-corrected chi connectivity index (χ4v) is 1.80. The summed E-state index contributed by atoms with van der Waals surface area (Å²) in [5, 5.41) is 23.8. The zero-order chi connectivity index (χ0) is 16.1. The number of carboxylic acid groups (broad SMARTS) is 1. The predicted octanol–water partition coefficient (Wildman–Crippen LogP) is 3.13. The highest BCUT2D eigenvalue weighted by molar-refractivity contribution is 6.00. The molecule has 0 spiro atoms. The van der Waals surface area contributed by atoms with Crippen molar-refractivity contribution in [3.8, 4) is 0 Å². The summed E-state index contributed by atoms with van der Waals surface area (Å²) in [4.78, 5) is 21.2. The van der Waals surface area contributed by atoms with Crippen LogP contribution in [0.15, 0.2) is 53.6 Å². The van der Waals surface area contributed by atoms with Crippen molar-refractivity contribution < 1.29 is 14.8 Å². The minimum atomic E-state index is -1.05. The van der Waals surface area contributed by atoms with Crippen molar-refractivity contribution in [1.82, 2.24) is 0 Å². The summed E-state index contributed by atoms with van der Waals surface area (Å²) in [6, 6.07) is 12.4. The highest BCUT2D eigenvalue weighted by Crippen LogP contribution is 2.16. The largest absolute Gasteiger partial charge is 0.478 e. The Morgan fingerprint density at radius 1 is 1.18 bits per heavy atom. The molecule has 0 fully saturated rings. The predicted molar refractivity (Wildman–Crippen MR) is 82.3 cm³/mol. The lowest BCUT2D eigenvalue weighted by molar-refractivity contribution is -0.384. The number of non-ortho nitro benzene ring substituents is 1. The Kier molecular flexibility index (Phi) is 4.47. The number of rotatable bonds is 5. The van der Waals surface area contributed by atoms with E-state index < -0.39 is 10.9 Å². The maximum atomic E-state index is 11.1. The molecule has 22 heavy (non-hydrogen) atoms. The lowest BCUT2D eigenvalue weighted by Gasteiger charge is -2.06. The first kappa shape index (κ1) is 15.2. The third-order valence-electron chi connectivity index (χ3n) is 3.00. The molecule has 0 amide bonds. The number of hydrazone groups is 1. The zero-order valence-corrected chi connectivity index (χ0v) is 11.7. The standard InChI is InChI=1S/C15H13N3O4/c1-10(11-6-8-12(9-7-11)18(21)22)16-17-14-5-3-2-4-13(14)15(19)20/h2-9,17H,1H3,(H,19,20)/b16-10+. The number of anilines is 1. The molecule has 0 unspecified atom stereocenters. The molecule has 0 radical (unpaired) electrons. The normalized spacial score (nSPS) is 11.0. The number of hydrogen-bond donors (Lipinski definition) is 2. The first-order chi connectivity index (χ1) is 10.5. The smallest absolute Gasteiger partial charge is 0.337 e. The van der Waals surface area contributed by atoms with E-state index in [9.17, 15) is 14.9 Å². The van der Waals surface area contributed by atoms with Gasteiger partial charge in [-0.2, -0.15) is 5.10 Å². The van der Waals surface area contributed by atoms with Gasteiger partial charge in [-0.15, -0.1) is 0 Å². The third-order valence-corrected chi connectivity index (χ3v) is 3.00. The second-order valence-electron chi connectivity index (χ2n) is 4.46. The van der Waals surface area contributed by atoms with E-state index in [2.05, 4.69) is 10.5 Å². The number of nitro groups is 1. The fourth-order valence-electron chi connectivity index (χ4n) is 1.80. The van der Waals surface area contributed by atoms with E-state index >= 15 is 0 Å². The SMILES string of the molecule is C/C(=N\Nc1ccccc1C(=O)O)c1ccc([N+](=O)[O-])cc1. The topological polar surface area (TPSA) is 105 Å². The number of aromatic carboxylic acids is 1. The number of benzene rings is 2. The Morgan fingerprint density at radius 2 is 1.82 bits per heavy atom. The van der Waals surface area contributed by atoms with Gasteiger partial charge in [-0.1, -0.05) is 12.1 Å². The average Bonchev–Trinajstić information content (AvgIpc) is 2.52. The van der Waals surface area contributed by atoms with Crippen LogP contribution < -0.4 is 5.43 Å². The summed E-state index contributed by atoms with van der Waals surface area (Å²) < 4.78 is 0. The second kappa shape index (κ2) is 6.49. The molecule has 0 saturated heterocycles. The minimum Gasteiger partial charge on any atom is -0.478 e. The molecule has 0 saturated carbocycles. The van der Waals surface area contributed by atoms with E-state index in [0.717, 1.165) is 0 Å². The van der Waals surface area contributed by atoms with E-state index in [-0.39, 0.29) is 11.3 Å². The molecule has 0 aliphatic carbocycles. The highest BCUT2D eigenvalue weighted by atomic mass is 16.6. The van der Waals surface area contributed by atoms with Gasteiger partial charge in [0, 0.05) is 12.1 Å². The van der Waals surface area contributed by atoms with E-state index in [1.54, 1.807) is 37.3 Å².